The van der Waals surface area contributed by atoms with Gasteiger partial charge < -0.3 is 9.55 Å². The lowest BCUT2D eigenvalue weighted by atomic mass is 10.2. The van der Waals surface area contributed by atoms with Gasteiger partial charge in [0, 0.05) is 34.1 Å². The van der Waals surface area contributed by atoms with Crippen LogP contribution in [0.3, 0.4) is 0 Å². The molecule has 2 heterocycles. The van der Waals surface area contributed by atoms with E-state index in [9.17, 15) is 4.79 Å². The Morgan fingerprint density at radius 2 is 2.00 bits per heavy atom. The maximum absolute atomic E-state index is 11.6. The zero-order chi connectivity index (χ0) is 12.2. The van der Waals surface area contributed by atoms with Gasteiger partial charge in [-0.15, -0.1) is 0 Å². The van der Waals surface area contributed by atoms with Crippen LogP contribution in [0.2, 0.25) is 0 Å². The molecule has 0 aliphatic carbocycles. The van der Waals surface area contributed by atoms with E-state index in [1.165, 1.54) is 0 Å². The Hall–Kier alpha value is -1.55. The average Bonchev–Trinajstić information content (AvgIpc) is 2.54. The number of benzene rings is 1. The van der Waals surface area contributed by atoms with Crippen molar-refractivity contribution < 1.29 is 0 Å². The number of nitrogens with zero attached hydrogens (tertiary/aromatic N) is 1. The van der Waals surface area contributed by atoms with E-state index in [2.05, 4.69) is 25.5 Å². The molecule has 0 bridgehead atoms. The van der Waals surface area contributed by atoms with Crippen molar-refractivity contribution in [2.75, 3.05) is 0 Å². The van der Waals surface area contributed by atoms with Crippen LogP contribution in [-0.4, -0.2) is 9.55 Å². The number of aromatic nitrogens is 2. The number of aryl methyl sites for hydroxylation is 2. The average molecular weight is 291 g/mol. The van der Waals surface area contributed by atoms with E-state index in [-0.39, 0.29) is 5.56 Å². The number of fused-ring (bicyclic) bond motifs is 3. The van der Waals surface area contributed by atoms with Crippen LogP contribution in [-0.2, 0) is 7.05 Å². The molecule has 0 amide bonds. The molecule has 0 atom stereocenters. The lowest BCUT2D eigenvalue weighted by Gasteiger charge is -2.01. The Morgan fingerprint density at radius 3 is 2.76 bits per heavy atom. The number of aromatic amines is 1. The fourth-order valence-corrected chi connectivity index (χ4v) is 3.14. The fraction of sp³-hybridized carbons (Fsp3) is 0.154. The van der Waals surface area contributed by atoms with Crippen LogP contribution in [0.5, 0.6) is 0 Å². The number of pyridine rings is 1. The number of para-hydroxylation sites is 1. The molecule has 3 rings (SSSR count). The molecule has 0 aliphatic rings. The maximum Gasteiger partial charge on any atom is 0.248 e. The van der Waals surface area contributed by atoms with Crippen molar-refractivity contribution in [2.45, 2.75) is 6.92 Å². The highest BCUT2D eigenvalue weighted by Gasteiger charge is 2.12. The summed E-state index contributed by atoms with van der Waals surface area (Å²) >= 11 is 3.56. The first-order valence-corrected chi connectivity index (χ1v) is 6.15. The van der Waals surface area contributed by atoms with Gasteiger partial charge >= 0.3 is 0 Å². The molecule has 0 spiro atoms. The minimum atomic E-state index is -0.0533. The summed E-state index contributed by atoms with van der Waals surface area (Å²) in [5.41, 5.74) is 3.04. The minimum Gasteiger partial charge on any atom is -0.341 e. The van der Waals surface area contributed by atoms with E-state index in [1.54, 1.807) is 6.07 Å². The third kappa shape index (κ3) is 1.37. The van der Waals surface area contributed by atoms with Gasteiger partial charge in [0.15, 0.2) is 0 Å². The molecule has 4 heteroatoms. The first-order chi connectivity index (χ1) is 8.09. The molecule has 2 aromatic heterocycles. The van der Waals surface area contributed by atoms with Crippen molar-refractivity contribution in [3.63, 3.8) is 0 Å². The summed E-state index contributed by atoms with van der Waals surface area (Å²) in [7, 11) is 2.01. The van der Waals surface area contributed by atoms with Crippen molar-refractivity contribution in [1.29, 1.82) is 0 Å². The summed E-state index contributed by atoms with van der Waals surface area (Å²) in [4.78, 5) is 14.4. The minimum absolute atomic E-state index is 0.0533. The monoisotopic (exact) mass is 290 g/mol. The smallest absolute Gasteiger partial charge is 0.248 e. The van der Waals surface area contributed by atoms with Crippen LogP contribution < -0.4 is 5.56 Å². The second kappa shape index (κ2) is 3.47. The summed E-state index contributed by atoms with van der Waals surface area (Å²) < 4.78 is 3.15. The van der Waals surface area contributed by atoms with Gasteiger partial charge in [0.1, 0.15) is 0 Å². The predicted octanol–water partition coefficient (Wildman–Crippen LogP) is 3.09. The van der Waals surface area contributed by atoms with Gasteiger partial charge in [-0.05, 0) is 28.9 Å². The number of hydrogen-bond donors (Lipinski definition) is 1. The van der Waals surface area contributed by atoms with Gasteiger partial charge in [-0.3, -0.25) is 4.79 Å². The number of hydrogen-bond acceptors (Lipinski definition) is 1. The Morgan fingerprint density at radius 1 is 1.24 bits per heavy atom. The van der Waals surface area contributed by atoms with E-state index in [0.29, 0.717) is 0 Å². The predicted molar refractivity (Wildman–Crippen MR) is 73.5 cm³/mol. The quantitative estimate of drug-likeness (QED) is 0.679. The maximum atomic E-state index is 11.6. The molecule has 3 aromatic rings. The van der Waals surface area contributed by atoms with E-state index in [1.807, 2.05) is 32.2 Å². The standard InChI is InChI=1S/C13H11BrN2O/c1-7-12-9(6-11(17)15-7)8-4-3-5-10(14)13(8)16(12)2/h3-6H,1-2H3,(H,15,17). The highest BCUT2D eigenvalue weighted by atomic mass is 79.9. The Kier molecular flexibility index (Phi) is 2.16. The van der Waals surface area contributed by atoms with Crippen molar-refractivity contribution in [1.82, 2.24) is 9.55 Å². The van der Waals surface area contributed by atoms with Gasteiger partial charge in [0.05, 0.1) is 11.0 Å². The molecule has 0 radical (unpaired) electrons. The number of halogens is 1. The summed E-state index contributed by atoms with van der Waals surface area (Å²) in [5.74, 6) is 0. The highest BCUT2D eigenvalue weighted by molar-refractivity contribution is 9.10. The molecule has 1 N–H and O–H groups in total. The van der Waals surface area contributed by atoms with Crippen molar-refractivity contribution >= 4 is 37.7 Å². The third-order valence-electron chi connectivity index (χ3n) is 3.14. The van der Waals surface area contributed by atoms with E-state index in [4.69, 9.17) is 0 Å². The molecule has 0 aliphatic heterocycles. The molecule has 1 aromatic carbocycles. The zero-order valence-electron chi connectivity index (χ0n) is 9.54. The van der Waals surface area contributed by atoms with Gasteiger partial charge in [-0.1, -0.05) is 12.1 Å². The Bertz CT molecular complexity index is 798. The Labute approximate surface area is 106 Å². The molecule has 0 saturated heterocycles. The fourth-order valence-electron chi connectivity index (χ4n) is 2.50. The number of nitrogens with one attached hydrogen (secondary N) is 1. The van der Waals surface area contributed by atoms with Crippen LogP contribution in [0.25, 0.3) is 21.8 Å². The molecule has 3 nitrogen and oxygen atoms in total. The topological polar surface area (TPSA) is 37.8 Å². The second-order valence-electron chi connectivity index (χ2n) is 4.22. The van der Waals surface area contributed by atoms with Gasteiger partial charge in [0.2, 0.25) is 5.56 Å². The van der Waals surface area contributed by atoms with Gasteiger partial charge in [-0.25, -0.2) is 0 Å². The molecular weight excluding hydrogens is 280 g/mol. The molecule has 0 saturated carbocycles. The lowest BCUT2D eigenvalue weighted by molar-refractivity contribution is 0.990. The first-order valence-electron chi connectivity index (χ1n) is 5.36. The zero-order valence-corrected chi connectivity index (χ0v) is 11.1. The SMILES string of the molecule is Cc1[nH]c(=O)cc2c3cccc(Br)c3n(C)c12. The molecule has 0 unspecified atom stereocenters. The summed E-state index contributed by atoms with van der Waals surface area (Å²) in [6, 6.07) is 7.71. The summed E-state index contributed by atoms with van der Waals surface area (Å²) in [6.07, 6.45) is 0. The van der Waals surface area contributed by atoms with Crippen molar-refractivity contribution in [3.05, 3.63) is 44.8 Å². The van der Waals surface area contributed by atoms with Gasteiger partial charge in [-0.2, -0.15) is 0 Å². The van der Waals surface area contributed by atoms with Crippen LogP contribution in [0, 0.1) is 6.92 Å². The van der Waals surface area contributed by atoms with Gasteiger partial charge in [0.25, 0.3) is 0 Å². The Balaban J connectivity index is 2.73. The largest absolute Gasteiger partial charge is 0.341 e. The lowest BCUT2D eigenvalue weighted by Crippen LogP contribution is -2.06. The summed E-state index contributed by atoms with van der Waals surface area (Å²) in [5, 5.41) is 2.11. The van der Waals surface area contributed by atoms with Crippen molar-refractivity contribution in [2.24, 2.45) is 7.05 Å². The molecular formula is C13H11BrN2O. The number of rotatable bonds is 0. The van der Waals surface area contributed by atoms with Crippen LogP contribution >= 0.6 is 15.9 Å². The first kappa shape index (κ1) is 10.6. The molecule has 86 valence electrons. The van der Waals surface area contributed by atoms with E-state index in [0.717, 1.165) is 32.0 Å². The third-order valence-corrected chi connectivity index (χ3v) is 3.78. The second-order valence-corrected chi connectivity index (χ2v) is 5.07. The van der Waals surface area contributed by atoms with E-state index >= 15 is 0 Å². The van der Waals surface area contributed by atoms with Crippen molar-refractivity contribution in [3.8, 4) is 0 Å². The van der Waals surface area contributed by atoms with E-state index < -0.39 is 0 Å². The van der Waals surface area contributed by atoms with Crippen LogP contribution in [0.4, 0.5) is 0 Å². The van der Waals surface area contributed by atoms with Crippen LogP contribution in [0.1, 0.15) is 5.69 Å². The normalized spacial score (nSPS) is 11.5. The molecule has 17 heavy (non-hydrogen) atoms. The number of H-pyrrole nitrogens is 1. The van der Waals surface area contributed by atoms with Crippen LogP contribution in [0.15, 0.2) is 33.5 Å². The molecule has 0 fully saturated rings. The highest BCUT2D eigenvalue weighted by Crippen LogP contribution is 2.32. The summed E-state index contributed by atoms with van der Waals surface area (Å²) in [6.45, 7) is 1.93.